The molecular weight excluding hydrogens is 508 g/mol. The Hall–Kier alpha value is -2.22. The fourth-order valence-corrected chi connectivity index (χ4v) is 11.3. The first-order chi connectivity index (χ1) is 19.1. The molecule has 0 aromatic carbocycles. The highest BCUT2D eigenvalue weighted by atomic mass is 16.2. The monoisotopic (exact) mass is 558 g/mol. The van der Waals surface area contributed by atoms with Crippen LogP contribution in [0.15, 0.2) is 23.3 Å². The highest BCUT2D eigenvalue weighted by Gasteiger charge is 2.70. The van der Waals surface area contributed by atoms with Crippen LogP contribution in [0.1, 0.15) is 113 Å². The van der Waals surface area contributed by atoms with E-state index < -0.39 is 10.8 Å². The van der Waals surface area contributed by atoms with Gasteiger partial charge in [-0.2, -0.15) is 5.26 Å². The second-order valence-corrected chi connectivity index (χ2v) is 16.4. The quantitative estimate of drug-likeness (QED) is 0.398. The van der Waals surface area contributed by atoms with Crippen molar-refractivity contribution in [2.75, 3.05) is 0 Å². The van der Waals surface area contributed by atoms with Gasteiger partial charge < -0.3 is 5.32 Å². The Bertz CT molecular complexity index is 1300. The van der Waals surface area contributed by atoms with Crippen LogP contribution in [0, 0.1) is 68.0 Å². The Kier molecular flexibility index (Phi) is 6.44. The number of nitriles is 1. The van der Waals surface area contributed by atoms with Gasteiger partial charge in [0.05, 0.1) is 5.57 Å². The zero-order valence-corrected chi connectivity index (χ0v) is 26.4. The Morgan fingerprint density at radius 1 is 1.00 bits per heavy atom. The molecule has 5 nitrogen and oxygen atoms in total. The second-order valence-electron chi connectivity index (χ2n) is 16.4. The summed E-state index contributed by atoms with van der Waals surface area (Å²) in [7, 11) is 0. The van der Waals surface area contributed by atoms with Crippen molar-refractivity contribution >= 4 is 17.5 Å². The molecule has 0 aromatic heterocycles. The van der Waals surface area contributed by atoms with Crippen LogP contribution >= 0.6 is 0 Å². The van der Waals surface area contributed by atoms with Crippen molar-refractivity contribution in [2.24, 2.45) is 56.7 Å². The van der Waals surface area contributed by atoms with Crippen LogP contribution in [-0.4, -0.2) is 23.5 Å². The fourth-order valence-electron chi connectivity index (χ4n) is 11.3. The standard InChI is InChI=1S/C36H50N2O3/c1-21-10-14-36(15-12-28(40)38-24-8-9-24)17-16-35(7)30(29(36)22(21)2)25(39)18-27-33(5)19-23(20-37)31(41)32(3,4)26(33)11-13-34(27,35)6/h18-19,21-22,24,26,29-30H,8-17H2,1-7H3,(H,38,40)/t21-,22+,26+,29+,30-,33+,34-,35-,36+/m1/s1. The van der Waals surface area contributed by atoms with Crippen molar-refractivity contribution in [1.82, 2.24) is 5.32 Å². The molecule has 5 heteroatoms. The number of carbonyl (C=O) groups is 3. The predicted molar refractivity (Wildman–Crippen MR) is 159 cm³/mol. The lowest BCUT2D eigenvalue weighted by Crippen LogP contribution is -2.65. The average molecular weight is 559 g/mol. The van der Waals surface area contributed by atoms with Crippen LogP contribution in [0.5, 0.6) is 0 Å². The number of allylic oxidation sites excluding steroid dienone is 4. The summed E-state index contributed by atoms with van der Waals surface area (Å²) in [4.78, 5) is 40.8. The molecule has 0 unspecified atom stereocenters. The highest BCUT2D eigenvalue weighted by Crippen LogP contribution is 2.75. The minimum atomic E-state index is -0.645. The first-order valence-corrected chi connectivity index (χ1v) is 16.4. The fraction of sp³-hybridized carbons (Fsp3) is 0.778. The Morgan fingerprint density at radius 2 is 1.71 bits per heavy atom. The summed E-state index contributed by atoms with van der Waals surface area (Å²) in [5.41, 5.74) is -0.104. The van der Waals surface area contributed by atoms with Crippen molar-refractivity contribution in [3.05, 3.63) is 23.3 Å². The topological polar surface area (TPSA) is 87.0 Å². The Balaban J connectivity index is 1.43. The van der Waals surface area contributed by atoms with Crippen molar-refractivity contribution in [3.8, 4) is 6.07 Å². The summed E-state index contributed by atoms with van der Waals surface area (Å²) in [5.74, 6) is 1.62. The van der Waals surface area contributed by atoms with Crippen LogP contribution in [0.2, 0.25) is 0 Å². The maximum absolute atomic E-state index is 14.7. The molecule has 4 saturated carbocycles. The number of hydrogen-bond acceptors (Lipinski definition) is 4. The van der Waals surface area contributed by atoms with Gasteiger partial charge in [0.25, 0.3) is 0 Å². The van der Waals surface area contributed by atoms with Gasteiger partial charge in [0.1, 0.15) is 6.07 Å². The van der Waals surface area contributed by atoms with Gasteiger partial charge in [-0.1, -0.05) is 60.1 Å². The molecule has 9 atom stereocenters. The number of Topliss-reactive ketones (excluding diaryl/α,β-unsaturated/α-hetero) is 1. The van der Waals surface area contributed by atoms with E-state index in [0.29, 0.717) is 24.3 Å². The lowest BCUT2D eigenvalue weighted by Gasteiger charge is -2.69. The molecule has 0 radical (unpaired) electrons. The van der Waals surface area contributed by atoms with Crippen molar-refractivity contribution in [1.29, 1.82) is 5.26 Å². The molecule has 6 aliphatic rings. The molecule has 0 bridgehead atoms. The van der Waals surface area contributed by atoms with E-state index in [2.05, 4.69) is 46.0 Å². The van der Waals surface area contributed by atoms with Gasteiger partial charge >= 0.3 is 0 Å². The summed E-state index contributed by atoms with van der Waals surface area (Å²) in [5, 5.41) is 13.2. The smallest absolute Gasteiger partial charge is 0.220 e. The average Bonchev–Trinajstić information content (AvgIpc) is 3.73. The summed E-state index contributed by atoms with van der Waals surface area (Å²) >= 11 is 0. The molecule has 0 heterocycles. The Morgan fingerprint density at radius 3 is 2.37 bits per heavy atom. The van der Waals surface area contributed by atoms with E-state index in [1.807, 2.05) is 26.0 Å². The lowest BCUT2D eigenvalue weighted by atomic mass is 9.33. The molecule has 41 heavy (non-hydrogen) atoms. The third-order valence-electron chi connectivity index (χ3n) is 14.2. The van der Waals surface area contributed by atoms with Crippen molar-refractivity contribution in [2.45, 2.75) is 119 Å². The molecule has 4 fully saturated rings. The van der Waals surface area contributed by atoms with E-state index in [9.17, 15) is 19.6 Å². The minimum absolute atomic E-state index is 0.0303. The normalized spacial score (nSPS) is 46.5. The number of nitrogens with zero attached hydrogens (tertiary/aromatic N) is 1. The first kappa shape index (κ1) is 28.9. The van der Waals surface area contributed by atoms with Crippen molar-refractivity contribution in [3.63, 3.8) is 0 Å². The van der Waals surface area contributed by atoms with Gasteiger partial charge in [0.15, 0.2) is 11.6 Å². The number of ketones is 2. The van der Waals surface area contributed by atoms with E-state index >= 15 is 0 Å². The molecule has 6 aliphatic carbocycles. The van der Waals surface area contributed by atoms with Crippen LogP contribution in [-0.2, 0) is 14.4 Å². The van der Waals surface area contributed by atoms with Crippen LogP contribution in [0.3, 0.4) is 0 Å². The van der Waals surface area contributed by atoms with Gasteiger partial charge in [-0.25, -0.2) is 0 Å². The molecule has 0 saturated heterocycles. The van der Waals surface area contributed by atoms with Gasteiger partial charge in [-0.3, -0.25) is 14.4 Å². The molecule has 0 aliphatic heterocycles. The highest BCUT2D eigenvalue weighted by molar-refractivity contribution is 6.04. The molecule has 6 rings (SSSR count). The zero-order chi connectivity index (χ0) is 29.8. The van der Waals surface area contributed by atoms with Gasteiger partial charge in [0.2, 0.25) is 5.91 Å². The van der Waals surface area contributed by atoms with Crippen molar-refractivity contribution < 1.29 is 14.4 Å². The van der Waals surface area contributed by atoms with E-state index in [0.717, 1.165) is 56.9 Å². The third kappa shape index (κ3) is 3.87. The molecule has 0 aromatic rings. The number of rotatable bonds is 4. The largest absolute Gasteiger partial charge is 0.353 e. The van der Waals surface area contributed by atoms with E-state index in [1.165, 1.54) is 6.42 Å². The summed E-state index contributed by atoms with van der Waals surface area (Å²) < 4.78 is 0. The number of amides is 1. The van der Waals surface area contributed by atoms with E-state index in [-0.39, 0.29) is 57.0 Å². The predicted octanol–water partition coefficient (Wildman–Crippen LogP) is 7.12. The number of hydrogen-bond donors (Lipinski definition) is 1. The van der Waals surface area contributed by atoms with Gasteiger partial charge in [-0.15, -0.1) is 0 Å². The summed E-state index contributed by atoms with van der Waals surface area (Å²) in [6.45, 7) is 15.7. The van der Waals surface area contributed by atoms with Crippen LogP contribution in [0.4, 0.5) is 0 Å². The van der Waals surface area contributed by atoms with Gasteiger partial charge in [0, 0.05) is 29.2 Å². The molecule has 222 valence electrons. The Labute approximate surface area is 247 Å². The van der Waals surface area contributed by atoms with E-state index in [4.69, 9.17) is 0 Å². The third-order valence-corrected chi connectivity index (χ3v) is 14.2. The number of carbonyl (C=O) groups excluding carboxylic acids is 3. The minimum Gasteiger partial charge on any atom is -0.353 e. The van der Waals surface area contributed by atoms with Gasteiger partial charge in [-0.05, 0) is 104 Å². The van der Waals surface area contributed by atoms with E-state index in [1.54, 1.807) is 0 Å². The molecule has 1 N–H and O–H groups in total. The SMILES string of the molecule is C[C@@H]1[C@H]2[C@H]3C(=O)C=C4[C@@]5(C)C=C(C#N)C(=O)C(C)(C)[C@@H]5CC[C@@]4(C)[C@]3(C)CC[C@@]2(CCC(=O)NC2CC2)CC[C@H]1C. The lowest BCUT2D eigenvalue weighted by molar-refractivity contribution is -0.178. The maximum Gasteiger partial charge on any atom is 0.220 e. The molecule has 1 amide bonds. The summed E-state index contributed by atoms with van der Waals surface area (Å²) in [6, 6.07) is 2.59. The summed E-state index contributed by atoms with van der Waals surface area (Å²) in [6.07, 6.45) is 13.8. The van der Waals surface area contributed by atoms with Crippen LogP contribution < -0.4 is 5.32 Å². The number of nitrogens with one attached hydrogen (secondary N) is 1. The second kappa shape index (κ2) is 9.14. The van der Waals surface area contributed by atoms with Crippen LogP contribution in [0.25, 0.3) is 0 Å². The number of fused-ring (bicyclic) bond motifs is 7. The molecule has 0 spiro atoms. The zero-order valence-electron chi connectivity index (χ0n) is 26.4. The first-order valence-electron chi connectivity index (χ1n) is 16.4. The maximum atomic E-state index is 14.7. The molecular formula is C36H50N2O3.